The van der Waals surface area contributed by atoms with Crippen LogP contribution in [0.4, 0.5) is 0 Å². The van der Waals surface area contributed by atoms with Gasteiger partial charge in [-0.2, -0.15) is 0 Å². The fourth-order valence-electron chi connectivity index (χ4n) is 6.95. The molecule has 2 aliphatic carbocycles. The van der Waals surface area contributed by atoms with Crippen LogP contribution in [0.2, 0.25) is 0 Å². The number of carbonyl (C=O) groups excluding carboxylic acids is 2. The van der Waals surface area contributed by atoms with Gasteiger partial charge in [-0.05, 0) is 44.1 Å². The Labute approximate surface area is 221 Å². The molecule has 0 amide bonds. The molecule has 6 rings (SSSR count). The summed E-state index contributed by atoms with van der Waals surface area (Å²) in [5, 5.41) is 12.3. The largest absolute Gasteiger partial charge is 0.493 e. The highest BCUT2D eigenvalue weighted by molar-refractivity contribution is 5.82. The van der Waals surface area contributed by atoms with E-state index in [9.17, 15) is 14.7 Å². The number of hydrogen-bond donors (Lipinski definition) is 2. The predicted octanol–water partition coefficient (Wildman–Crippen LogP) is 2.15. The minimum Gasteiger partial charge on any atom is -0.493 e. The maximum absolute atomic E-state index is 13.6. The second-order valence-corrected chi connectivity index (χ2v) is 10.5. The monoisotopic (exact) mass is 520 g/mol. The third-order valence-electron chi connectivity index (χ3n) is 8.69. The molecule has 1 fully saturated rings. The number of carbonyl (C=O) groups is 2. The van der Waals surface area contributed by atoms with Crippen LogP contribution in [0.25, 0.3) is 0 Å². The van der Waals surface area contributed by atoms with Gasteiger partial charge in [-0.3, -0.25) is 4.79 Å². The van der Waals surface area contributed by atoms with E-state index in [2.05, 4.69) is 4.90 Å². The molecule has 4 aliphatic rings. The molecule has 0 radical (unpaired) electrons. The summed E-state index contributed by atoms with van der Waals surface area (Å²) in [7, 11) is 3.62. The Hall–Kier alpha value is -3.40. The summed E-state index contributed by atoms with van der Waals surface area (Å²) in [5.41, 5.74) is 6.14. The summed E-state index contributed by atoms with van der Waals surface area (Å²) < 4.78 is 23.7. The Morgan fingerprint density at radius 3 is 2.76 bits per heavy atom. The van der Waals surface area contributed by atoms with Gasteiger partial charge in [-0.25, -0.2) is 4.79 Å². The summed E-state index contributed by atoms with van der Waals surface area (Å²) in [6, 6.07) is 12.6. The van der Waals surface area contributed by atoms with E-state index < -0.39 is 35.2 Å². The maximum atomic E-state index is 13.6. The van der Waals surface area contributed by atoms with Crippen molar-refractivity contribution in [3.8, 4) is 11.5 Å². The molecule has 9 heteroatoms. The zero-order valence-corrected chi connectivity index (χ0v) is 21.5. The molecule has 5 atom stereocenters. The van der Waals surface area contributed by atoms with Crippen LogP contribution in [-0.2, 0) is 30.9 Å². The quantitative estimate of drug-likeness (QED) is 0.529. The van der Waals surface area contributed by atoms with Gasteiger partial charge in [0.15, 0.2) is 17.6 Å². The first-order chi connectivity index (χ1) is 18.3. The molecule has 0 aromatic heterocycles. The van der Waals surface area contributed by atoms with Crippen LogP contribution in [-0.4, -0.2) is 66.9 Å². The van der Waals surface area contributed by atoms with Gasteiger partial charge < -0.3 is 34.7 Å². The van der Waals surface area contributed by atoms with Crippen molar-refractivity contribution in [2.75, 3.05) is 27.2 Å². The van der Waals surface area contributed by atoms with Gasteiger partial charge in [0.1, 0.15) is 5.76 Å². The SMILES string of the molecule is COc1ccc2c3c1O[C@H]1C(OC(=O)C(OC(=O)CCN)c4ccccc4)=CC[C@@]4(O)[C@@H](C2)N(C)CC[C@]314. The van der Waals surface area contributed by atoms with Crippen molar-refractivity contribution in [2.24, 2.45) is 5.73 Å². The molecule has 1 spiro atoms. The van der Waals surface area contributed by atoms with E-state index in [1.807, 2.05) is 25.2 Å². The smallest absolute Gasteiger partial charge is 0.357 e. The number of benzene rings is 2. The summed E-state index contributed by atoms with van der Waals surface area (Å²) in [6.45, 7) is 0.864. The first-order valence-corrected chi connectivity index (χ1v) is 13.0. The summed E-state index contributed by atoms with van der Waals surface area (Å²) in [4.78, 5) is 28.1. The van der Waals surface area contributed by atoms with Crippen molar-refractivity contribution in [3.05, 3.63) is 71.0 Å². The van der Waals surface area contributed by atoms with Gasteiger partial charge in [0.2, 0.25) is 6.10 Å². The van der Waals surface area contributed by atoms with Crippen LogP contribution >= 0.6 is 0 Å². The summed E-state index contributed by atoms with van der Waals surface area (Å²) in [6.07, 6.45) is 1.34. The van der Waals surface area contributed by atoms with Crippen molar-refractivity contribution in [3.63, 3.8) is 0 Å². The van der Waals surface area contributed by atoms with Crippen LogP contribution in [0.5, 0.6) is 11.5 Å². The Morgan fingerprint density at radius 1 is 1.24 bits per heavy atom. The Bertz CT molecular complexity index is 1310. The van der Waals surface area contributed by atoms with Crippen LogP contribution in [0.3, 0.4) is 0 Å². The lowest BCUT2D eigenvalue weighted by atomic mass is 9.50. The van der Waals surface area contributed by atoms with E-state index >= 15 is 0 Å². The summed E-state index contributed by atoms with van der Waals surface area (Å²) in [5.74, 6) is 0.157. The van der Waals surface area contributed by atoms with Crippen LogP contribution in [0.1, 0.15) is 42.1 Å². The lowest BCUT2D eigenvalue weighted by molar-refractivity contribution is -0.176. The fraction of sp³-hybridized carbons (Fsp3) is 0.448. The Kier molecular flexibility index (Phi) is 5.97. The van der Waals surface area contributed by atoms with Gasteiger partial charge >= 0.3 is 11.9 Å². The van der Waals surface area contributed by atoms with Gasteiger partial charge in [0, 0.05) is 30.1 Å². The van der Waals surface area contributed by atoms with Crippen molar-refractivity contribution in [2.45, 2.75) is 54.9 Å². The minimum atomic E-state index is -1.26. The van der Waals surface area contributed by atoms with Gasteiger partial charge in [0.25, 0.3) is 0 Å². The molecule has 2 aromatic rings. The first kappa shape index (κ1) is 24.9. The number of likely N-dealkylation sites (N-methyl/N-ethyl adjacent to an activating group) is 1. The van der Waals surface area contributed by atoms with Crippen LogP contribution in [0, 0.1) is 0 Å². The predicted molar refractivity (Wildman–Crippen MR) is 137 cm³/mol. The third kappa shape index (κ3) is 3.42. The number of hydrogen-bond acceptors (Lipinski definition) is 9. The fourth-order valence-corrected chi connectivity index (χ4v) is 6.95. The number of ether oxygens (including phenoxy) is 4. The lowest BCUT2D eigenvalue weighted by Crippen LogP contribution is -2.74. The standard InChI is InChI=1S/C29H32N2O7/c1-31-15-13-28-23-18-8-9-19(35-2)25(23)38-26(28)20(10-12-29(28,34)21(31)16-18)36-27(33)24(37-22(32)11-14-30)17-6-4-3-5-7-17/h3-10,21,24,26,34H,11-16,30H2,1-2H3/t21-,24?,26+,28+,29-/m1/s1. The number of rotatable bonds is 7. The first-order valence-electron chi connectivity index (χ1n) is 13.0. The topological polar surface area (TPSA) is 121 Å². The molecule has 2 bridgehead atoms. The van der Waals surface area contributed by atoms with E-state index in [1.165, 1.54) is 0 Å². The molecule has 9 nitrogen and oxygen atoms in total. The molecule has 3 N–H and O–H groups in total. The van der Waals surface area contributed by atoms with Gasteiger partial charge in [0.05, 0.1) is 24.5 Å². The maximum Gasteiger partial charge on any atom is 0.357 e. The molecule has 200 valence electrons. The molecule has 1 saturated heterocycles. The molecule has 0 saturated carbocycles. The highest BCUT2D eigenvalue weighted by Gasteiger charge is 2.72. The van der Waals surface area contributed by atoms with Gasteiger partial charge in [-0.1, -0.05) is 36.4 Å². The molecular weight excluding hydrogens is 488 g/mol. The highest BCUT2D eigenvalue weighted by Crippen LogP contribution is 2.65. The summed E-state index contributed by atoms with van der Waals surface area (Å²) >= 11 is 0. The second kappa shape index (κ2) is 9.11. The number of esters is 2. The molecule has 2 aliphatic heterocycles. The van der Waals surface area contributed by atoms with E-state index in [0.29, 0.717) is 42.1 Å². The number of likely N-dealkylation sites (tertiary alicyclic amines) is 1. The zero-order chi connectivity index (χ0) is 26.7. The molecule has 2 aromatic carbocycles. The molecule has 2 heterocycles. The van der Waals surface area contributed by atoms with Crippen LogP contribution in [0.15, 0.2) is 54.3 Å². The van der Waals surface area contributed by atoms with Gasteiger partial charge in [-0.15, -0.1) is 0 Å². The number of piperidine rings is 1. The molecular formula is C29H32N2O7. The lowest BCUT2D eigenvalue weighted by Gasteiger charge is -2.61. The van der Waals surface area contributed by atoms with E-state index in [1.54, 1.807) is 37.5 Å². The van der Waals surface area contributed by atoms with E-state index in [0.717, 1.165) is 17.7 Å². The van der Waals surface area contributed by atoms with Crippen molar-refractivity contribution >= 4 is 11.9 Å². The van der Waals surface area contributed by atoms with Crippen LogP contribution < -0.4 is 15.2 Å². The van der Waals surface area contributed by atoms with Crippen molar-refractivity contribution in [1.82, 2.24) is 4.90 Å². The number of nitrogens with two attached hydrogens (primary N) is 1. The number of aliphatic hydroxyl groups is 1. The normalized spacial score (nSPS) is 29.4. The average Bonchev–Trinajstić information content (AvgIpc) is 3.27. The van der Waals surface area contributed by atoms with E-state index in [4.69, 9.17) is 24.7 Å². The average molecular weight is 521 g/mol. The molecule has 1 unspecified atom stereocenters. The number of methoxy groups -OCH3 is 1. The zero-order valence-electron chi connectivity index (χ0n) is 21.5. The van der Waals surface area contributed by atoms with Crippen molar-refractivity contribution < 1.29 is 33.6 Å². The number of nitrogens with zero attached hydrogens (tertiary/aromatic N) is 1. The Morgan fingerprint density at radius 2 is 2.03 bits per heavy atom. The second-order valence-electron chi connectivity index (χ2n) is 10.5. The van der Waals surface area contributed by atoms with E-state index in [-0.39, 0.29) is 19.0 Å². The van der Waals surface area contributed by atoms with Crippen molar-refractivity contribution in [1.29, 1.82) is 0 Å². The third-order valence-corrected chi connectivity index (χ3v) is 8.69. The Balaban J connectivity index is 1.39. The molecule has 38 heavy (non-hydrogen) atoms. The minimum absolute atomic E-state index is 0.0199. The highest BCUT2D eigenvalue weighted by atomic mass is 16.6.